The third kappa shape index (κ3) is 1.61. The summed E-state index contributed by atoms with van der Waals surface area (Å²) in [6.45, 7) is 9.71. The third-order valence-electron chi connectivity index (χ3n) is 4.42. The van der Waals surface area contributed by atoms with Crippen molar-refractivity contribution in [1.82, 2.24) is 0 Å². The molecule has 0 aromatic rings. The molecule has 1 aliphatic carbocycles. The van der Waals surface area contributed by atoms with Crippen molar-refractivity contribution in [2.24, 2.45) is 17.3 Å². The maximum atomic E-state index is 9.67. The average Bonchev–Trinajstić information content (AvgIpc) is 2.50. The van der Waals surface area contributed by atoms with Gasteiger partial charge in [-0.05, 0) is 31.6 Å². The lowest BCUT2D eigenvalue weighted by atomic mass is 9.51. The minimum Gasteiger partial charge on any atom is -0.393 e. The number of aliphatic hydroxyl groups is 1. The summed E-state index contributed by atoms with van der Waals surface area (Å²) in [4.78, 5) is 0. The molecule has 15 heavy (non-hydrogen) atoms. The Kier molecular flexibility index (Phi) is 2.61. The fourth-order valence-corrected chi connectivity index (χ4v) is 3.40. The Morgan fingerprint density at radius 1 is 1.20 bits per heavy atom. The second-order valence-electron chi connectivity index (χ2n) is 5.67. The Labute approximate surface area is 91.8 Å². The highest BCUT2D eigenvalue weighted by Crippen LogP contribution is 2.58. The van der Waals surface area contributed by atoms with Crippen molar-refractivity contribution in [2.45, 2.75) is 46.0 Å². The van der Waals surface area contributed by atoms with Gasteiger partial charge < -0.3 is 14.6 Å². The molecule has 88 valence electrons. The van der Waals surface area contributed by atoms with Crippen molar-refractivity contribution in [3.05, 3.63) is 0 Å². The molecule has 1 heterocycles. The number of aliphatic hydroxyl groups excluding tert-OH is 1. The van der Waals surface area contributed by atoms with Crippen LogP contribution in [-0.4, -0.2) is 30.2 Å². The van der Waals surface area contributed by atoms with Crippen molar-refractivity contribution in [1.29, 1.82) is 0 Å². The van der Waals surface area contributed by atoms with Crippen LogP contribution in [0.5, 0.6) is 0 Å². The van der Waals surface area contributed by atoms with Gasteiger partial charge in [-0.15, -0.1) is 0 Å². The zero-order valence-corrected chi connectivity index (χ0v) is 10.1. The SMILES string of the molecule is CC(O)[C@@H]1C[C@H](C2(C)OCCO2)C1(C)C. The highest BCUT2D eigenvalue weighted by molar-refractivity contribution is 5.04. The summed E-state index contributed by atoms with van der Waals surface area (Å²) in [5.41, 5.74) is 0.104. The van der Waals surface area contributed by atoms with Crippen LogP contribution < -0.4 is 0 Å². The summed E-state index contributed by atoms with van der Waals surface area (Å²) >= 11 is 0. The van der Waals surface area contributed by atoms with E-state index in [9.17, 15) is 5.11 Å². The van der Waals surface area contributed by atoms with Gasteiger partial charge in [-0.25, -0.2) is 0 Å². The second kappa shape index (κ2) is 3.44. The molecule has 3 heteroatoms. The molecule has 1 saturated heterocycles. The zero-order chi connectivity index (χ0) is 11.3. The third-order valence-corrected chi connectivity index (χ3v) is 4.42. The van der Waals surface area contributed by atoms with Crippen molar-refractivity contribution in [3.8, 4) is 0 Å². The molecule has 2 fully saturated rings. The highest BCUT2D eigenvalue weighted by Gasteiger charge is 2.59. The van der Waals surface area contributed by atoms with E-state index in [1.807, 2.05) is 13.8 Å². The molecule has 1 unspecified atom stereocenters. The number of hydrogen-bond donors (Lipinski definition) is 1. The van der Waals surface area contributed by atoms with Crippen LogP contribution in [0.4, 0.5) is 0 Å². The lowest BCUT2D eigenvalue weighted by Crippen LogP contribution is -2.58. The van der Waals surface area contributed by atoms with Gasteiger partial charge in [0, 0.05) is 5.92 Å². The van der Waals surface area contributed by atoms with Gasteiger partial charge in [-0.3, -0.25) is 0 Å². The molecule has 1 aliphatic heterocycles. The molecular weight excluding hydrogens is 192 g/mol. The molecule has 1 N–H and O–H groups in total. The van der Waals surface area contributed by atoms with Gasteiger partial charge in [0.05, 0.1) is 19.3 Å². The number of hydrogen-bond acceptors (Lipinski definition) is 3. The van der Waals surface area contributed by atoms with Crippen LogP contribution in [0.2, 0.25) is 0 Å². The molecule has 0 radical (unpaired) electrons. The van der Waals surface area contributed by atoms with E-state index >= 15 is 0 Å². The Balaban J connectivity index is 2.08. The first kappa shape index (κ1) is 11.4. The maximum Gasteiger partial charge on any atom is 0.169 e. The Hall–Kier alpha value is -0.120. The summed E-state index contributed by atoms with van der Waals surface area (Å²) in [6, 6.07) is 0. The predicted molar refractivity (Wildman–Crippen MR) is 57.4 cm³/mol. The summed E-state index contributed by atoms with van der Waals surface area (Å²) in [5, 5.41) is 9.67. The molecule has 3 nitrogen and oxygen atoms in total. The van der Waals surface area contributed by atoms with E-state index in [2.05, 4.69) is 13.8 Å². The Morgan fingerprint density at radius 3 is 2.13 bits per heavy atom. The second-order valence-corrected chi connectivity index (χ2v) is 5.67. The van der Waals surface area contributed by atoms with Crippen molar-refractivity contribution >= 4 is 0 Å². The average molecular weight is 214 g/mol. The lowest BCUT2D eigenvalue weighted by Gasteiger charge is -2.58. The van der Waals surface area contributed by atoms with Crippen LogP contribution in [-0.2, 0) is 9.47 Å². The van der Waals surface area contributed by atoms with Crippen molar-refractivity contribution in [2.75, 3.05) is 13.2 Å². The van der Waals surface area contributed by atoms with Gasteiger partial charge in [0.2, 0.25) is 0 Å². The highest BCUT2D eigenvalue weighted by atomic mass is 16.7. The molecule has 0 aromatic carbocycles. The molecule has 2 rings (SSSR count). The fraction of sp³-hybridized carbons (Fsp3) is 1.00. The topological polar surface area (TPSA) is 38.7 Å². The predicted octanol–water partition coefficient (Wildman–Crippen LogP) is 1.79. The molecule has 0 amide bonds. The van der Waals surface area contributed by atoms with Gasteiger partial charge in [0.25, 0.3) is 0 Å². The van der Waals surface area contributed by atoms with E-state index in [-0.39, 0.29) is 11.5 Å². The van der Waals surface area contributed by atoms with E-state index in [1.54, 1.807) is 0 Å². The van der Waals surface area contributed by atoms with Crippen LogP contribution in [0.1, 0.15) is 34.1 Å². The minimum atomic E-state index is -0.422. The summed E-state index contributed by atoms with van der Waals surface area (Å²) in [6.07, 6.45) is 0.766. The van der Waals surface area contributed by atoms with Gasteiger partial charge in [0.1, 0.15) is 0 Å². The van der Waals surface area contributed by atoms with Gasteiger partial charge >= 0.3 is 0 Å². The normalized spacial score (nSPS) is 39.8. The van der Waals surface area contributed by atoms with Crippen molar-refractivity contribution in [3.63, 3.8) is 0 Å². The van der Waals surface area contributed by atoms with Crippen LogP contribution in [0, 0.1) is 17.3 Å². The van der Waals surface area contributed by atoms with Gasteiger partial charge in [-0.2, -0.15) is 0 Å². The van der Waals surface area contributed by atoms with E-state index in [0.717, 1.165) is 6.42 Å². The van der Waals surface area contributed by atoms with Crippen LogP contribution >= 0.6 is 0 Å². The smallest absolute Gasteiger partial charge is 0.169 e. The van der Waals surface area contributed by atoms with E-state index in [0.29, 0.717) is 25.0 Å². The standard InChI is InChI=1S/C12H22O3/c1-8(13)9-7-10(11(9,2)3)12(4)14-5-6-15-12/h8-10,13H,5-7H2,1-4H3/t8?,9-,10-/m0/s1. The van der Waals surface area contributed by atoms with Crippen molar-refractivity contribution < 1.29 is 14.6 Å². The molecule has 3 atom stereocenters. The summed E-state index contributed by atoms with van der Waals surface area (Å²) in [7, 11) is 0. The van der Waals surface area contributed by atoms with E-state index in [4.69, 9.17) is 9.47 Å². The number of ether oxygens (including phenoxy) is 2. The molecule has 0 aromatic heterocycles. The molecular formula is C12H22O3. The first-order valence-corrected chi connectivity index (χ1v) is 5.84. The molecule has 0 bridgehead atoms. The van der Waals surface area contributed by atoms with Crippen LogP contribution in [0.25, 0.3) is 0 Å². The monoisotopic (exact) mass is 214 g/mol. The zero-order valence-electron chi connectivity index (χ0n) is 10.1. The van der Waals surface area contributed by atoms with E-state index < -0.39 is 5.79 Å². The summed E-state index contributed by atoms with van der Waals surface area (Å²) < 4.78 is 11.4. The number of rotatable bonds is 2. The van der Waals surface area contributed by atoms with Gasteiger partial charge in [0.15, 0.2) is 5.79 Å². The molecule has 2 aliphatic rings. The van der Waals surface area contributed by atoms with Gasteiger partial charge in [-0.1, -0.05) is 13.8 Å². The lowest BCUT2D eigenvalue weighted by molar-refractivity contribution is -0.262. The van der Waals surface area contributed by atoms with E-state index in [1.165, 1.54) is 0 Å². The summed E-state index contributed by atoms with van der Waals surface area (Å²) in [5.74, 6) is 0.341. The van der Waals surface area contributed by atoms with Crippen LogP contribution in [0.3, 0.4) is 0 Å². The Morgan fingerprint density at radius 2 is 1.73 bits per heavy atom. The fourth-order valence-electron chi connectivity index (χ4n) is 3.40. The molecule has 0 spiro atoms. The minimum absolute atomic E-state index is 0.104. The largest absolute Gasteiger partial charge is 0.393 e. The first-order chi connectivity index (χ1) is 6.88. The molecule has 1 saturated carbocycles. The maximum absolute atomic E-state index is 9.67. The quantitative estimate of drug-likeness (QED) is 0.761. The Bertz CT molecular complexity index is 241. The first-order valence-electron chi connectivity index (χ1n) is 5.84. The van der Waals surface area contributed by atoms with Crippen LogP contribution in [0.15, 0.2) is 0 Å².